The highest BCUT2D eigenvalue weighted by Crippen LogP contribution is 2.24. The quantitative estimate of drug-likeness (QED) is 0.461. The molecule has 148 valence electrons. The summed E-state index contributed by atoms with van der Waals surface area (Å²) in [5.41, 5.74) is 3.53. The van der Waals surface area contributed by atoms with E-state index in [4.69, 9.17) is 0 Å². The molecule has 0 aliphatic heterocycles. The van der Waals surface area contributed by atoms with Gasteiger partial charge in [-0.15, -0.1) is 11.3 Å². The van der Waals surface area contributed by atoms with Gasteiger partial charge < -0.3 is 5.32 Å². The van der Waals surface area contributed by atoms with Gasteiger partial charge in [0, 0.05) is 6.54 Å². The molecular weight excluding hydrogens is 390 g/mol. The molecule has 0 spiro atoms. The van der Waals surface area contributed by atoms with E-state index in [0.29, 0.717) is 27.8 Å². The number of hydrogen-bond acceptors (Lipinski definition) is 5. The number of amides is 1. The van der Waals surface area contributed by atoms with Crippen LogP contribution in [0.5, 0.6) is 0 Å². The van der Waals surface area contributed by atoms with Gasteiger partial charge in [0.05, 0.1) is 17.0 Å². The Morgan fingerprint density at radius 2 is 1.96 bits per heavy atom. The minimum atomic E-state index is -0.0901. The van der Waals surface area contributed by atoms with E-state index >= 15 is 0 Å². The molecule has 1 amide bonds. The summed E-state index contributed by atoms with van der Waals surface area (Å²) >= 11 is 2.69. The van der Waals surface area contributed by atoms with Crippen molar-refractivity contribution in [1.82, 2.24) is 14.9 Å². The van der Waals surface area contributed by atoms with Crippen LogP contribution in [0.15, 0.2) is 39.6 Å². The zero-order valence-electron chi connectivity index (χ0n) is 16.6. The molecule has 0 atom stereocenters. The number of carbonyl (C=O) groups is 1. The van der Waals surface area contributed by atoms with Crippen LogP contribution in [0.3, 0.4) is 0 Å². The van der Waals surface area contributed by atoms with Crippen molar-refractivity contribution in [1.29, 1.82) is 0 Å². The van der Waals surface area contributed by atoms with Crippen LogP contribution in [0.2, 0.25) is 0 Å². The molecule has 3 rings (SSSR count). The number of hydrogen-bond donors (Lipinski definition) is 1. The first kappa shape index (κ1) is 20.6. The fourth-order valence-corrected chi connectivity index (χ4v) is 4.58. The number of rotatable bonds is 7. The second kappa shape index (κ2) is 8.92. The molecule has 0 saturated heterocycles. The Morgan fingerprint density at radius 3 is 2.64 bits per heavy atom. The lowest BCUT2D eigenvalue weighted by atomic mass is 10.1. The third-order valence-electron chi connectivity index (χ3n) is 4.29. The summed E-state index contributed by atoms with van der Waals surface area (Å²) in [6.07, 6.45) is 0.947. The van der Waals surface area contributed by atoms with Crippen molar-refractivity contribution in [2.75, 3.05) is 12.3 Å². The fraction of sp³-hybridized carbons (Fsp3) is 0.381. The highest BCUT2D eigenvalue weighted by molar-refractivity contribution is 7.99. The molecule has 0 fully saturated rings. The van der Waals surface area contributed by atoms with Crippen LogP contribution in [0.1, 0.15) is 31.4 Å². The normalized spacial score (nSPS) is 11.3. The number of fused-ring (bicyclic) bond motifs is 1. The maximum atomic E-state index is 13.1. The van der Waals surface area contributed by atoms with E-state index in [-0.39, 0.29) is 17.2 Å². The first-order valence-electron chi connectivity index (χ1n) is 9.33. The number of carbonyl (C=O) groups excluding carboxylic acids is 1. The molecule has 28 heavy (non-hydrogen) atoms. The van der Waals surface area contributed by atoms with E-state index in [2.05, 4.69) is 30.2 Å². The number of nitrogens with one attached hydrogen (secondary N) is 1. The van der Waals surface area contributed by atoms with Crippen LogP contribution >= 0.6 is 23.1 Å². The van der Waals surface area contributed by atoms with Crippen LogP contribution in [0, 0.1) is 19.8 Å². The minimum Gasteiger partial charge on any atom is -0.355 e. The third-order valence-corrected chi connectivity index (χ3v) is 6.12. The molecule has 0 unspecified atom stereocenters. The van der Waals surface area contributed by atoms with Crippen molar-refractivity contribution in [2.45, 2.75) is 39.3 Å². The number of thiophene rings is 1. The van der Waals surface area contributed by atoms with Gasteiger partial charge in [-0.1, -0.05) is 31.7 Å². The molecule has 1 aromatic carbocycles. The first-order chi connectivity index (χ1) is 13.3. The Kier molecular flexibility index (Phi) is 6.57. The summed E-state index contributed by atoms with van der Waals surface area (Å²) in [6, 6.07) is 7.87. The molecule has 0 aliphatic rings. The summed E-state index contributed by atoms with van der Waals surface area (Å²) in [5, 5.41) is 5.35. The molecule has 5 nitrogen and oxygen atoms in total. The second-order valence-electron chi connectivity index (χ2n) is 7.34. The van der Waals surface area contributed by atoms with Gasteiger partial charge in [-0.05, 0) is 60.9 Å². The summed E-state index contributed by atoms with van der Waals surface area (Å²) in [6.45, 7) is 8.94. The molecule has 3 aromatic rings. The van der Waals surface area contributed by atoms with Crippen LogP contribution in [-0.2, 0) is 4.79 Å². The SMILES string of the molecule is Cc1cc(C)cc(-n2c(SCC(=O)NCCC(C)C)nc3ccsc3c2=O)c1. The fourth-order valence-electron chi connectivity index (χ4n) is 2.98. The maximum Gasteiger partial charge on any atom is 0.276 e. The summed E-state index contributed by atoms with van der Waals surface area (Å²) in [4.78, 5) is 30.0. The zero-order valence-corrected chi connectivity index (χ0v) is 18.2. The van der Waals surface area contributed by atoms with Crippen molar-refractivity contribution < 1.29 is 4.79 Å². The third kappa shape index (κ3) is 4.83. The summed E-state index contributed by atoms with van der Waals surface area (Å²) < 4.78 is 2.26. The predicted octanol–water partition coefficient (Wildman–Crippen LogP) is 4.32. The van der Waals surface area contributed by atoms with Crippen LogP contribution < -0.4 is 10.9 Å². The number of thioether (sulfide) groups is 1. The summed E-state index contributed by atoms with van der Waals surface area (Å²) in [7, 11) is 0. The molecule has 2 heterocycles. The largest absolute Gasteiger partial charge is 0.355 e. The molecule has 0 radical (unpaired) electrons. The average Bonchev–Trinajstić information content (AvgIpc) is 3.07. The standard InChI is InChI=1S/C21H25N3O2S2/c1-13(2)5-7-22-18(25)12-28-21-23-17-6-8-27-19(17)20(26)24(21)16-10-14(3)9-15(4)11-16/h6,8-11,13H,5,7,12H2,1-4H3,(H,22,25). The molecule has 2 aromatic heterocycles. The first-order valence-corrected chi connectivity index (χ1v) is 11.2. The van der Waals surface area contributed by atoms with E-state index in [1.165, 1.54) is 23.1 Å². The second-order valence-corrected chi connectivity index (χ2v) is 9.20. The Morgan fingerprint density at radius 1 is 1.25 bits per heavy atom. The van der Waals surface area contributed by atoms with Crippen molar-refractivity contribution in [3.05, 3.63) is 51.1 Å². The van der Waals surface area contributed by atoms with Gasteiger partial charge >= 0.3 is 0 Å². The Hall–Kier alpha value is -2.12. The molecule has 1 N–H and O–H groups in total. The molecule has 0 aliphatic carbocycles. The van der Waals surface area contributed by atoms with E-state index in [1.807, 2.05) is 37.4 Å². The van der Waals surface area contributed by atoms with Gasteiger partial charge in [-0.3, -0.25) is 14.2 Å². The lowest BCUT2D eigenvalue weighted by Crippen LogP contribution is -2.28. The smallest absolute Gasteiger partial charge is 0.276 e. The predicted molar refractivity (Wildman–Crippen MR) is 118 cm³/mol. The van der Waals surface area contributed by atoms with Gasteiger partial charge in [-0.25, -0.2) is 4.98 Å². The van der Waals surface area contributed by atoms with Gasteiger partial charge in [0.25, 0.3) is 5.56 Å². The number of aryl methyl sites for hydroxylation is 2. The Balaban J connectivity index is 1.92. The monoisotopic (exact) mass is 415 g/mol. The van der Waals surface area contributed by atoms with Crippen LogP contribution in [0.4, 0.5) is 0 Å². The number of aromatic nitrogens is 2. The summed E-state index contributed by atoms with van der Waals surface area (Å²) in [5.74, 6) is 0.730. The van der Waals surface area contributed by atoms with Crippen LogP contribution in [0.25, 0.3) is 15.9 Å². The van der Waals surface area contributed by atoms with Gasteiger partial charge in [0.2, 0.25) is 5.91 Å². The highest BCUT2D eigenvalue weighted by Gasteiger charge is 2.16. The van der Waals surface area contributed by atoms with Crippen molar-refractivity contribution >= 4 is 39.2 Å². The van der Waals surface area contributed by atoms with Gasteiger partial charge in [-0.2, -0.15) is 0 Å². The van der Waals surface area contributed by atoms with E-state index in [1.54, 1.807) is 4.57 Å². The molecular formula is C21H25N3O2S2. The number of nitrogens with zero attached hydrogens (tertiary/aromatic N) is 2. The Bertz CT molecular complexity index is 1030. The van der Waals surface area contributed by atoms with Crippen molar-refractivity contribution in [2.24, 2.45) is 5.92 Å². The minimum absolute atomic E-state index is 0.0442. The maximum absolute atomic E-state index is 13.1. The van der Waals surface area contributed by atoms with Gasteiger partial charge in [0.15, 0.2) is 5.16 Å². The highest BCUT2D eigenvalue weighted by atomic mass is 32.2. The molecule has 0 bridgehead atoms. The van der Waals surface area contributed by atoms with E-state index in [0.717, 1.165) is 23.2 Å². The Labute approximate surface area is 173 Å². The average molecular weight is 416 g/mol. The van der Waals surface area contributed by atoms with Crippen molar-refractivity contribution in [3.63, 3.8) is 0 Å². The lowest BCUT2D eigenvalue weighted by molar-refractivity contribution is -0.118. The van der Waals surface area contributed by atoms with E-state index < -0.39 is 0 Å². The van der Waals surface area contributed by atoms with Gasteiger partial charge in [0.1, 0.15) is 4.70 Å². The molecule has 7 heteroatoms. The topological polar surface area (TPSA) is 64.0 Å². The molecule has 0 saturated carbocycles. The zero-order chi connectivity index (χ0) is 20.3. The van der Waals surface area contributed by atoms with Crippen LogP contribution in [-0.4, -0.2) is 27.8 Å². The number of benzene rings is 1. The van der Waals surface area contributed by atoms with Crippen molar-refractivity contribution in [3.8, 4) is 5.69 Å². The lowest BCUT2D eigenvalue weighted by Gasteiger charge is -2.13. The van der Waals surface area contributed by atoms with E-state index in [9.17, 15) is 9.59 Å².